The lowest BCUT2D eigenvalue weighted by molar-refractivity contribution is -0.119. The minimum atomic E-state index is -0.465. The van der Waals surface area contributed by atoms with E-state index in [4.69, 9.17) is 9.72 Å². The molecular weight excluding hydrogens is 442 g/mol. The summed E-state index contributed by atoms with van der Waals surface area (Å²) in [6.45, 7) is 0.326. The van der Waals surface area contributed by atoms with Crippen LogP contribution in [0, 0.1) is 0 Å². The molecule has 5 nitrogen and oxygen atoms in total. The maximum Gasteiger partial charge on any atom is 0.241 e. The highest BCUT2D eigenvalue weighted by atomic mass is 32.1. The highest BCUT2D eigenvalue weighted by Gasteiger charge is 2.30. The molecule has 0 spiro atoms. The number of hydrogen-bond donors (Lipinski definition) is 0. The molecule has 0 N–H and O–H groups in total. The molecule has 6 heteroatoms. The summed E-state index contributed by atoms with van der Waals surface area (Å²) in [6, 6.07) is 31.3. The van der Waals surface area contributed by atoms with Gasteiger partial charge in [-0.05, 0) is 41.5 Å². The summed E-state index contributed by atoms with van der Waals surface area (Å²) in [4.78, 5) is 25.3. The monoisotopic (exact) mass is 465 g/mol. The van der Waals surface area contributed by atoms with Gasteiger partial charge in [0.25, 0.3) is 0 Å². The number of anilines is 1. The van der Waals surface area contributed by atoms with Crippen LogP contribution in [-0.2, 0) is 11.3 Å². The van der Waals surface area contributed by atoms with Crippen molar-refractivity contribution in [1.29, 1.82) is 0 Å². The molecule has 5 rings (SSSR count). The maximum absolute atomic E-state index is 14.3. The molecule has 1 amide bonds. The van der Waals surface area contributed by atoms with Crippen molar-refractivity contribution < 1.29 is 9.53 Å². The van der Waals surface area contributed by atoms with Gasteiger partial charge in [-0.15, -0.1) is 0 Å². The molecule has 0 radical (unpaired) electrons. The van der Waals surface area contributed by atoms with Gasteiger partial charge < -0.3 is 4.74 Å². The molecule has 2 aromatic heterocycles. The molecule has 3 aromatic carbocycles. The van der Waals surface area contributed by atoms with Crippen LogP contribution in [0.2, 0.25) is 0 Å². The number of amides is 1. The molecule has 0 bridgehead atoms. The van der Waals surface area contributed by atoms with Gasteiger partial charge >= 0.3 is 0 Å². The summed E-state index contributed by atoms with van der Waals surface area (Å²) in [5.41, 5.74) is 3.50. The molecule has 0 fully saturated rings. The van der Waals surface area contributed by atoms with Gasteiger partial charge in [0.05, 0.1) is 35.5 Å². The van der Waals surface area contributed by atoms with Crippen molar-refractivity contribution in [3.05, 3.63) is 120 Å². The fourth-order valence-corrected chi connectivity index (χ4v) is 4.95. The maximum atomic E-state index is 14.3. The van der Waals surface area contributed by atoms with Crippen LogP contribution in [0.15, 0.2) is 103 Å². The smallest absolute Gasteiger partial charge is 0.241 e. The SMILES string of the molecule is COc1ccc2nc(N(Cc3ccccn3)C(=O)C(c3ccccc3)c3ccccc3)sc2c1. The minimum Gasteiger partial charge on any atom is -0.497 e. The number of benzene rings is 3. The van der Waals surface area contributed by atoms with Crippen LogP contribution in [0.3, 0.4) is 0 Å². The zero-order valence-electron chi connectivity index (χ0n) is 18.7. The average molecular weight is 466 g/mol. The molecule has 0 aliphatic heterocycles. The van der Waals surface area contributed by atoms with Gasteiger partial charge in [-0.3, -0.25) is 14.7 Å². The van der Waals surface area contributed by atoms with E-state index in [0.29, 0.717) is 11.7 Å². The summed E-state index contributed by atoms with van der Waals surface area (Å²) in [7, 11) is 1.64. The highest BCUT2D eigenvalue weighted by molar-refractivity contribution is 7.22. The van der Waals surface area contributed by atoms with Gasteiger partial charge in [-0.1, -0.05) is 78.1 Å². The Bertz CT molecular complexity index is 1350. The molecule has 34 heavy (non-hydrogen) atoms. The van der Waals surface area contributed by atoms with E-state index in [1.165, 1.54) is 11.3 Å². The Balaban J connectivity index is 1.62. The van der Waals surface area contributed by atoms with Crippen LogP contribution in [-0.4, -0.2) is 23.0 Å². The number of thiazole rings is 1. The van der Waals surface area contributed by atoms with E-state index in [1.807, 2.05) is 97.1 Å². The van der Waals surface area contributed by atoms with Crippen molar-refractivity contribution in [2.45, 2.75) is 12.5 Å². The zero-order chi connectivity index (χ0) is 23.3. The molecule has 0 aliphatic rings. The third kappa shape index (κ3) is 4.54. The van der Waals surface area contributed by atoms with Gasteiger partial charge in [-0.2, -0.15) is 0 Å². The second-order valence-corrected chi connectivity index (χ2v) is 8.84. The summed E-state index contributed by atoms with van der Waals surface area (Å²) >= 11 is 1.48. The number of carbonyl (C=O) groups excluding carboxylic acids is 1. The van der Waals surface area contributed by atoms with Gasteiger partial charge in [0.2, 0.25) is 5.91 Å². The van der Waals surface area contributed by atoms with E-state index < -0.39 is 5.92 Å². The predicted octanol–water partition coefficient (Wildman–Crippen LogP) is 6.07. The number of hydrogen-bond acceptors (Lipinski definition) is 5. The van der Waals surface area contributed by atoms with Crippen molar-refractivity contribution in [3.63, 3.8) is 0 Å². The molecule has 0 aliphatic carbocycles. The standard InChI is InChI=1S/C28H23N3O2S/c1-33-23-15-16-24-25(18-23)34-28(30-24)31(19-22-14-8-9-17-29-22)27(32)26(20-10-4-2-5-11-20)21-12-6-3-7-13-21/h2-18,26H,19H2,1H3. The van der Waals surface area contributed by atoms with Crippen LogP contribution >= 0.6 is 11.3 Å². The normalized spacial score (nSPS) is 11.0. The second kappa shape index (κ2) is 9.85. The number of aromatic nitrogens is 2. The number of rotatable bonds is 7. The van der Waals surface area contributed by atoms with Crippen LogP contribution in [0.25, 0.3) is 10.2 Å². The van der Waals surface area contributed by atoms with Crippen molar-refractivity contribution >= 4 is 32.6 Å². The minimum absolute atomic E-state index is 0.0472. The third-order valence-electron chi connectivity index (χ3n) is 5.64. The lowest BCUT2D eigenvalue weighted by Crippen LogP contribution is -2.35. The predicted molar refractivity (Wildman–Crippen MR) is 136 cm³/mol. The zero-order valence-corrected chi connectivity index (χ0v) is 19.5. The molecular formula is C28H23N3O2S. The number of methoxy groups -OCH3 is 1. The molecule has 0 saturated heterocycles. The molecule has 0 unspecified atom stereocenters. The highest BCUT2D eigenvalue weighted by Crippen LogP contribution is 2.35. The summed E-state index contributed by atoms with van der Waals surface area (Å²) < 4.78 is 6.34. The first-order chi connectivity index (χ1) is 16.7. The van der Waals surface area contributed by atoms with E-state index >= 15 is 0 Å². The largest absolute Gasteiger partial charge is 0.497 e. The Hall–Kier alpha value is -4.03. The third-order valence-corrected chi connectivity index (χ3v) is 6.68. The number of fused-ring (bicyclic) bond motifs is 1. The summed E-state index contributed by atoms with van der Waals surface area (Å²) in [5.74, 6) is 0.249. The number of nitrogens with zero attached hydrogens (tertiary/aromatic N) is 3. The second-order valence-electron chi connectivity index (χ2n) is 7.83. The molecule has 5 aromatic rings. The fraction of sp³-hybridized carbons (Fsp3) is 0.107. The summed E-state index contributed by atoms with van der Waals surface area (Å²) in [5, 5.41) is 0.635. The van der Waals surface area contributed by atoms with Crippen molar-refractivity contribution in [1.82, 2.24) is 9.97 Å². The number of ether oxygens (including phenoxy) is 1. The van der Waals surface area contributed by atoms with Crippen LogP contribution in [0.4, 0.5) is 5.13 Å². The lowest BCUT2D eigenvalue weighted by atomic mass is 9.90. The first-order valence-corrected chi connectivity index (χ1v) is 11.8. The van der Waals surface area contributed by atoms with Gasteiger partial charge in [-0.25, -0.2) is 4.98 Å². The number of pyridine rings is 1. The molecule has 2 heterocycles. The Morgan fingerprint density at radius 2 is 1.59 bits per heavy atom. The van der Waals surface area contributed by atoms with Crippen LogP contribution in [0.5, 0.6) is 5.75 Å². The van der Waals surface area contributed by atoms with Gasteiger partial charge in [0, 0.05) is 6.20 Å². The number of carbonyl (C=O) groups is 1. The quantitative estimate of drug-likeness (QED) is 0.293. The molecule has 0 atom stereocenters. The first kappa shape index (κ1) is 21.8. The Morgan fingerprint density at radius 3 is 2.21 bits per heavy atom. The Morgan fingerprint density at radius 1 is 0.912 bits per heavy atom. The topological polar surface area (TPSA) is 55.3 Å². The van der Waals surface area contributed by atoms with E-state index in [-0.39, 0.29) is 5.91 Å². The Kier molecular flexibility index (Phi) is 6.31. The molecule has 168 valence electrons. The van der Waals surface area contributed by atoms with E-state index in [1.54, 1.807) is 18.2 Å². The summed E-state index contributed by atoms with van der Waals surface area (Å²) in [6.07, 6.45) is 1.74. The van der Waals surface area contributed by atoms with Crippen molar-refractivity contribution in [3.8, 4) is 5.75 Å². The van der Waals surface area contributed by atoms with E-state index in [2.05, 4.69) is 4.98 Å². The van der Waals surface area contributed by atoms with Gasteiger partial charge in [0.1, 0.15) is 5.75 Å². The first-order valence-electron chi connectivity index (χ1n) is 11.0. The van der Waals surface area contributed by atoms with Crippen LogP contribution in [0.1, 0.15) is 22.7 Å². The average Bonchev–Trinajstić information content (AvgIpc) is 3.32. The lowest BCUT2D eigenvalue weighted by Gasteiger charge is -2.26. The van der Waals surface area contributed by atoms with Gasteiger partial charge in [0.15, 0.2) is 5.13 Å². The molecule has 0 saturated carbocycles. The van der Waals surface area contributed by atoms with Crippen LogP contribution < -0.4 is 9.64 Å². The van der Waals surface area contributed by atoms with E-state index in [0.717, 1.165) is 32.8 Å². The Labute approximate surface area is 202 Å². The van der Waals surface area contributed by atoms with Crippen molar-refractivity contribution in [2.75, 3.05) is 12.0 Å². The van der Waals surface area contributed by atoms with Crippen molar-refractivity contribution in [2.24, 2.45) is 0 Å². The fourth-order valence-electron chi connectivity index (χ4n) is 3.95. The van der Waals surface area contributed by atoms with E-state index in [9.17, 15) is 4.79 Å².